The number of hydrogen-bond acceptors (Lipinski definition) is 3. The third-order valence-electron chi connectivity index (χ3n) is 2.84. The van der Waals surface area contributed by atoms with Gasteiger partial charge in [-0.05, 0) is 43.2 Å². The monoisotopic (exact) mass is 315 g/mol. The molecule has 0 bridgehead atoms. The third kappa shape index (κ3) is 5.73. The Morgan fingerprint density at radius 3 is 2.75 bits per heavy atom. The van der Waals surface area contributed by atoms with E-state index in [-0.39, 0.29) is 17.9 Å². The normalized spacial score (nSPS) is 13.8. The van der Waals surface area contributed by atoms with Crippen molar-refractivity contribution in [2.45, 2.75) is 38.2 Å². The van der Waals surface area contributed by atoms with Crippen molar-refractivity contribution in [3.63, 3.8) is 0 Å². The Hall–Kier alpha value is -0.710. The highest BCUT2D eigenvalue weighted by molar-refractivity contribution is 7.99. The Morgan fingerprint density at radius 2 is 2.15 bits per heavy atom. The largest absolute Gasteiger partial charge is 0.393 e. The fraction of sp³-hybridized carbons (Fsp3) is 0.533. The van der Waals surface area contributed by atoms with Gasteiger partial charge in [0.25, 0.3) is 5.91 Å². The van der Waals surface area contributed by atoms with E-state index >= 15 is 0 Å². The van der Waals surface area contributed by atoms with Crippen LogP contribution in [0.15, 0.2) is 23.1 Å². The lowest BCUT2D eigenvalue weighted by molar-refractivity contribution is 0.0936. The minimum Gasteiger partial charge on any atom is -0.393 e. The lowest BCUT2D eigenvalue weighted by Crippen LogP contribution is -2.29. The highest BCUT2D eigenvalue weighted by Gasteiger charge is 2.14. The average molecular weight is 316 g/mol. The molecule has 1 amide bonds. The molecule has 5 heteroatoms. The molecule has 0 spiro atoms. The van der Waals surface area contributed by atoms with Gasteiger partial charge in [-0.2, -0.15) is 0 Å². The molecular formula is C15H22ClNO2S. The van der Waals surface area contributed by atoms with Crippen LogP contribution in [0.25, 0.3) is 0 Å². The van der Waals surface area contributed by atoms with E-state index in [0.29, 0.717) is 23.6 Å². The summed E-state index contributed by atoms with van der Waals surface area (Å²) in [6.07, 6.45) is 0.325. The zero-order chi connectivity index (χ0) is 15.1. The predicted octanol–water partition coefficient (Wildman–Crippen LogP) is 3.59. The average Bonchev–Trinajstić information content (AvgIpc) is 2.37. The number of carbonyl (C=O) groups excluding carboxylic acids is 1. The molecule has 20 heavy (non-hydrogen) atoms. The lowest BCUT2D eigenvalue weighted by Gasteiger charge is -2.15. The van der Waals surface area contributed by atoms with E-state index in [1.165, 1.54) is 0 Å². The van der Waals surface area contributed by atoms with Crippen LogP contribution in [-0.4, -0.2) is 29.4 Å². The van der Waals surface area contributed by atoms with Crippen molar-refractivity contribution in [3.8, 4) is 0 Å². The van der Waals surface area contributed by atoms with Gasteiger partial charge in [-0.25, -0.2) is 0 Å². The van der Waals surface area contributed by atoms with Gasteiger partial charge in [-0.15, -0.1) is 11.8 Å². The van der Waals surface area contributed by atoms with Crippen LogP contribution in [-0.2, 0) is 0 Å². The number of aliphatic hydroxyl groups is 1. The highest BCUT2D eigenvalue weighted by atomic mass is 35.5. The number of amides is 1. The molecule has 0 radical (unpaired) electrons. The summed E-state index contributed by atoms with van der Waals surface area (Å²) in [6, 6.07) is 5.38. The molecule has 0 saturated heterocycles. The van der Waals surface area contributed by atoms with E-state index in [0.717, 1.165) is 10.6 Å². The number of rotatable bonds is 7. The highest BCUT2D eigenvalue weighted by Crippen LogP contribution is 2.25. The summed E-state index contributed by atoms with van der Waals surface area (Å²) < 4.78 is 0. The second kappa shape index (κ2) is 8.55. The van der Waals surface area contributed by atoms with E-state index in [4.69, 9.17) is 11.6 Å². The zero-order valence-corrected chi connectivity index (χ0v) is 13.7. The number of nitrogens with one attached hydrogen (secondary N) is 1. The summed E-state index contributed by atoms with van der Waals surface area (Å²) in [7, 11) is 0. The van der Waals surface area contributed by atoms with Gasteiger partial charge in [0.15, 0.2) is 0 Å². The molecule has 0 aliphatic rings. The van der Waals surface area contributed by atoms with Gasteiger partial charge < -0.3 is 10.4 Å². The molecule has 3 nitrogen and oxygen atoms in total. The van der Waals surface area contributed by atoms with Crippen LogP contribution in [0.2, 0.25) is 5.02 Å². The maximum Gasteiger partial charge on any atom is 0.252 e. The standard InChI is InChI=1S/C15H22ClNO2S/c1-4-20-14-6-5-12(16)8-13(14)15(19)17-9-10(2)7-11(3)18/h5-6,8,10-11,18H,4,7,9H2,1-3H3,(H,17,19)/t10-,11-/m0/s1. The van der Waals surface area contributed by atoms with Gasteiger partial charge in [0.05, 0.1) is 11.7 Å². The van der Waals surface area contributed by atoms with Crippen molar-refractivity contribution < 1.29 is 9.90 Å². The van der Waals surface area contributed by atoms with Gasteiger partial charge in [0, 0.05) is 16.5 Å². The molecule has 0 heterocycles. The minimum atomic E-state index is -0.348. The first kappa shape index (κ1) is 17.3. The summed E-state index contributed by atoms with van der Waals surface area (Å²) in [4.78, 5) is 13.2. The first-order valence-corrected chi connectivity index (χ1v) is 8.19. The van der Waals surface area contributed by atoms with E-state index < -0.39 is 0 Å². The van der Waals surface area contributed by atoms with Crippen molar-refractivity contribution in [3.05, 3.63) is 28.8 Å². The predicted molar refractivity (Wildman–Crippen MR) is 85.6 cm³/mol. The van der Waals surface area contributed by atoms with Gasteiger partial charge in [-0.3, -0.25) is 4.79 Å². The summed E-state index contributed by atoms with van der Waals surface area (Å²) in [6.45, 7) is 6.36. The van der Waals surface area contributed by atoms with Crippen LogP contribution >= 0.6 is 23.4 Å². The molecule has 1 aromatic carbocycles. The number of benzene rings is 1. The molecule has 0 fully saturated rings. The van der Waals surface area contributed by atoms with Crippen molar-refractivity contribution >= 4 is 29.3 Å². The van der Waals surface area contributed by atoms with Crippen LogP contribution in [0, 0.1) is 5.92 Å². The van der Waals surface area contributed by atoms with Crippen molar-refractivity contribution in [1.29, 1.82) is 0 Å². The molecule has 0 aliphatic carbocycles. The summed E-state index contributed by atoms with van der Waals surface area (Å²) in [5, 5.41) is 12.8. The maximum absolute atomic E-state index is 12.2. The molecule has 112 valence electrons. The molecule has 0 saturated carbocycles. The van der Waals surface area contributed by atoms with E-state index in [2.05, 4.69) is 5.32 Å². The second-order valence-electron chi connectivity index (χ2n) is 4.97. The first-order valence-electron chi connectivity index (χ1n) is 6.82. The Kier molecular flexibility index (Phi) is 7.41. The number of carbonyl (C=O) groups is 1. The Balaban J connectivity index is 2.69. The molecule has 0 aromatic heterocycles. The van der Waals surface area contributed by atoms with Crippen LogP contribution in [0.1, 0.15) is 37.6 Å². The smallest absolute Gasteiger partial charge is 0.252 e. The summed E-state index contributed by atoms with van der Waals surface area (Å²) in [5.74, 6) is 1.03. The Morgan fingerprint density at radius 1 is 1.45 bits per heavy atom. The summed E-state index contributed by atoms with van der Waals surface area (Å²) >= 11 is 7.59. The lowest BCUT2D eigenvalue weighted by atomic mass is 10.0. The third-order valence-corrected chi connectivity index (χ3v) is 4.03. The van der Waals surface area contributed by atoms with Gasteiger partial charge in [0.1, 0.15) is 0 Å². The SMILES string of the molecule is CCSc1ccc(Cl)cc1C(=O)NC[C@@H](C)C[C@H](C)O. The zero-order valence-electron chi connectivity index (χ0n) is 12.1. The van der Waals surface area contributed by atoms with E-state index in [9.17, 15) is 9.90 Å². The van der Waals surface area contributed by atoms with Crippen LogP contribution in [0.5, 0.6) is 0 Å². The molecule has 1 rings (SSSR count). The fourth-order valence-corrected chi connectivity index (χ4v) is 2.94. The molecule has 2 atom stereocenters. The van der Waals surface area contributed by atoms with Gasteiger partial charge in [0.2, 0.25) is 0 Å². The van der Waals surface area contributed by atoms with Crippen LogP contribution < -0.4 is 5.32 Å². The number of hydrogen-bond donors (Lipinski definition) is 2. The van der Waals surface area contributed by atoms with Crippen molar-refractivity contribution in [2.75, 3.05) is 12.3 Å². The van der Waals surface area contributed by atoms with Crippen LogP contribution in [0.4, 0.5) is 0 Å². The van der Waals surface area contributed by atoms with E-state index in [1.807, 2.05) is 19.9 Å². The molecule has 0 unspecified atom stereocenters. The summed E-state index contributed by atoms with van der Waals surface area (Å²) in [5.41, 5.74) is 0.619. The quantitative estimate of drug-likeness (QED) is 0.756. The molecule has 0 aliphatic heterocycles. The molecule has 2 N–H and O–H groups in total. The van der Waals surface area contributed by atoms with Gasteiger partial charge >= 0.3 is 0 Å². The minimum absolute atomic E-state index is 0.110. The van der Waals surface area contributed by atoms with Crippen molar-refractivity contribution in [2.24, 2.45) is 5.92 Å². The molecular weight excluding hydrogens is 294 g/mol. The second-order valence-corrected chi connectivity index (χ2v) is 6.72. The number of thioether (sulfide) groups is 1. The van der Waals surface area contributed by atoms with E-state index in [1.54, 1.807) is 30.8 Å². The molecule has 1 aromatic rings. The van der Waals surface area contributed by atoms with Gasteiger partial charge in [-0.1, -0.05) is 25.4 Å². The van der Waals surface area contributed by atoms with Crippen molar-refractivity contribution in [1.82, 2.24) is 5.32 Å². The fourth-order valence-electron chi connectivity index (χ4n) is 1.99. The number of aliphatic hydroxyl groups excluding tert-OH is 1. The Labute approximate surface area is 130 Å². The first-order chi connectivity index (χ1) is 9.43. The topological polar surface area (TPSA) is 49.3 Å². The Bertz CT molecular complexity index is 451. The van der Waals surface area contributed by atoms with Crippen LogP contribution in [0.3, 0.4) is 0 Å². The number of halogens is 1. The maximum atomic E-state index is 12.2.